The van der Waals surface area contributed by atoms with Crippen LogP contribution in [0, 0.1) is 0 Å². The molecule has 2 aromatic rings. The van der Waals surface area contributed by atoms with Crippen LogP contribution in [0.2, 0.25) is 0 Å². The molecule has 208 valence electrons. The molecule has 0 saturated heterocycles. The molecule has 0 unspecified atom stereocenters. The molecule has 0 spiro atoms. The molecule has 4 rings (SSSR count). The van der Waals surface area contributed by atoms with E-state index < -0.39 is 17.8 Å². The molecule has 39 heavy (non-hydrogen) atoms. The van der Waals surface area contributed by atoms with E-state index in [9.17, 15) is 19.2 Å². The van der Waals surface area contributed by atoms with Crippen LogP contribution in [0.1, 0.15) is 56.3 Å². The monoisotopic (exact) mass is 539 g/mol. The van der Waals surface area contributed by atoms with Gasteiger partial charge in [0.25, 0.3) is 5.91 Å². The van der Waals surface area contributed by atoms with Crippen LogP contribution < -0.4 is 30.7 Å². The third-order valence-corrected chi connectivity index (χ3v) is 6.87. The van der Waals surface area contributed by atoms with Gasteiger partial charge in [-0.1, -0.05) is 19.8 Å². The second-order valence-corrected chi connectivity index (χ2v) is 9.24. The van der Waals surface area contributed by atoms with Gasteiger partial charge in [0, 0.05) is 18.7 Å². The van der Waals surface area contributed by atoms with Crippen LogP contribution in [-0.2, 0) is 19.1 Å². The summed E-state index contributed by atoms with van der Waals surface area (Å²) in [5.74, 6) is -1.47. The Kier molecular flexibility index (Phi) is 8.47. The number of carbonyl (C=O) groups is 4. The molecule has 2 heterocycles. The molecule has 1 aliphatic heterocycles. The fourth-order valence-electron chi connectivity index (χ4n) is 4.93. The molecule has 1 aromatic carbocycles. The number of ether oxygens (including phenoxy) is 2. The van der Waals surface area contributed by atoms with Crippen LogP contribution in [0.5, 0.6) is 5.75 Å². The van der Waals surface area contributed by atoms with Gasteiger partial charge >= 0.3 is 11.9 Å². The first-order valence-electron chi connectivity index (χ1n) is 12.9. The summed E-state index contributed by atoms with van der Waals surface area (Å²) in [6.07, 6.45) is 6.57. The second-order valence-electron chi connectivity index (χ2n) is 9.24. The summed E-state index contributed by atoms with van der Waals surface area (Å²) in [4.78, 5) is 61.7. The van der Waals surface area contributed by atoms with Crippen molar-refractivity contribution in [3.63, 3.8) is 0 Å². The number of esters is 1. The second kappa shape index (κ2) is 12.0. The van der Waals surface area contributed by atoms with Gasteiger partial charge in [0.15, 0.2) is 5.82 Å². The highest BCUT2D eigenvalue weighted by Gasteiger charge is 2.41. The van der Waals surface area contributed by atoms with E-state index in [-0.39, 0.29) is 30.2 Å². The molecule has 1 aromatic heterocycles. The molecule has 1 atom stereocenters. The predicted molar refractivity (Wildman–Crippen MR) is 143 cm³/mol. The number of benzene rings is 1. The highest BCUT2D eigenvalue weighted by molar-refractivity contribution is 6.32. The van der Waals surface area contributed by atoms with Crippen molar-refractivity contribution in [1.82, 2.24) is 20.8 Å². The van der Waals surface area contributed by atoms with Crippen molar-refractivity contribution in [1.29, 1.82) is 0 Å². The summed E-state index contributed by atoms with van der Waals surface area (Å²) in [5.41, 5.74) is 5.51. The van der Waals surface area contributed by atoms with Crippen molar-refractivity contribution in [2.24, 2.45) is 0 Å². The molecule has 1 aliphatic carbocycles. The van der Waals surface area contributed by atoms with Crippen molar-refractivity contribution in [2.75, 3.05) is 35.9 Å². The smallest absolute Gasteiger partial charge is 0.398 e. The van der Waals surface area contributed by atoms with Crippen LogP contribution in [0.25, 0.3) is 0 Å². The summed E-state index contributed by atoms with van der Waals surface area (Å²) in [5, 5.41) is 3.15. The molecular weight excluding hydrogens is 506 g/mol. The van der Waals surface area contributed by atoms with Gasteiger partial charge in [-0.05, 0) is 44.4 Å². The molecule has 3 amide bonds. The van der Waals surface area contributed by atoms with Gasteiger partial charge in [-0.2, -0.15) is 4.98 Å². The molecule has 2 aliphatic rings. The van der Waals surface area contributed by atoms with Crippen molar-refractivity contribution < 1.29 is 28.7 Å². The van der Waals surface area contributed by atoms with Gasteiger partial charge in [-0.15, -0.1) is 0 Å². The number of amides is 3. The van der Waals surface area contributed by atoms with E-state index in [4.69, 9.17) is 9.72 Å². The van der Waals surface area contributed by atoms with Gasteiger partial charge in [-0.3, -0.25) is 25.2 Å². The molecule has 13 nitrogen and oxygen atoms in total. The number of aromatic nitrogens is 2. The summed E-state index contributed by atoms with van der Waals surface area (Å²) in [6, 6.07) is 4.55. The molecule has 1 fully saturated rings. The molecule has 1 saturated carbocycles. The van der Waals surface area contributed by atoms with Crippen LogP contribution in [0.4, 0.5) is 23.1 Å². The zero-order valence-electron chi connectivity index (χ0n) is 22.4. The summed E-state index contributed by atoms with van der Waals surface area (Å²) < 4.78 is 10.0. The number of anilines is 4. The minimum atomic E-state index is -1.10. The maximum Gasteiger partial charge on any atom is 0.398 e. The van der Waals surface area contributed by atoms with Crippen LogP contribution >= 0.6 is 0 Å². The standard InChI is InChI=1S/C26H33N7O6/c1-5-18-24(36)32(3)19-14-27-26(29-21(19)33(18)16-9-7-8-10-16)28-17-12-11-15(13-20(17)38-4)22(34)30-31-23(35)25(37)39-6-2/h11-14,16,18H,5-10H2,1-4H3,(H,30,34)(H,31,35)(H,27,28,29)/t18-/m1/s1. The Morgan fingerprint density at radius 1 is 1.13 bits per heavy atom. The Labute approximate surface area is 226 Å². The van der Waals surface area contributed by atoms with E-state index >= 15 is 0 Å². The number of hydrogen-bond acceptors (Lipinski definition) is 10. The number of fused-ring (bicyclic) bond motifs is 1. The lowest BCUT2D eigenvalue weighted by atomic mass is 10.0. The Balaban J connectivity index is 1.55. The maximum atomic E-state index is 13.1. The summed E-state index contributed by atoms with van der Waals surface area (Å²) in [7, 11) is 3.20. The van der Waals surface area contributed by atoms with E-state index in [1.165, 1.54) is 19.2 Å². The number of rotatable bonds is 7. The van der Waals surface area contributed by atoms with Crippen LogP contribution in [0.3, 0.4) is 0 Å². The number of methoxy groups -OCH3 is 1. The SMILES string of the molecule is CCOC(=O)C(=O)NNC(=O)c1ccc(Nc2ncc3c(n2)N(C2CCCC2)[C@H](CC)C(=O)N3C)c(OC)c1. The van der Waals surface area contributed by atoms with E-state index in [1.54, 1.807) is 31.1 Å². The zero-order valence-corrected chi connectivity index (χ0v) is 22.4. The van der Waals surface area contributed by atoms with Crippen LogP contribution in [-0.4, -0.2) is 66.5 Å². The van der Waals surface area contributed by atoms with Gasteiger partial charge < -0.3 is 24.6 Å². The van der Waals surface area contributed by atoms with Crippen molar-refractivity contribution in [3.8, 4) is 5.75 Å². The highest BCUT2D eigenvalue weighted by atomic mass is 16.5. The highest BCUT2D eigenvalue weighted by Crippen LogP contribution is 2.40. The Morgan fingerprint density at radius 3 is 2.54 bits per heavy atom. The topological polar surface area (TPSA) is 155 Å². The summed E-state index contributed by atoms with van der Waals surface area (Å²) in [6.45, 7) is 3.61. The number of hydrogen-bond donors (Lipinski definition) is 3. The lowest BCUT2D eigenvalue weighted by Crippen LogP contribution is -2.55. The molecule has 3 N–H and O–H groups in total. The average molecular weight is 540 g/mol. The normalized spacial score (nSPS) is 16.9. The minimum Gasteiger partial charge on any atom is -0.495 e. The number of nitrogens with one attached hydrogen (secondary N) is 3. The molecular formula is C26H33N7O6. The molecule has 0 radical (unpaired) electrons. The molecule has 0 bridgehead atoms. The lowest BCUT2D eigenvalue weighted by Gasteiger charge is -2.43. The van der Waals surface area contributed by atoms with E-state index in [2.05, 4.69) is 25.4 Å². The van der Waals surface area contributed by atoms with Crippen molar-refractivity contribution >= 4 is 46.8 Å². The Hall–Kier alpha value is -4.42. The van der Waals surface area contributed by atoms with E-state index in [0.29, 0.717) is 35.3 Å². The van der Waals surface area contributed by atoms with Gasteiger partial charge in [0.1, 0.15) is 17.5 Å². The fraction of sp³-hybridized carbons (Fsp3) is 0.462. The molecule has 13 heteroatoms. The van der Waals surface area contributed by atoms with Gasteiger partial charge in [0.05, 0.1) is 25.6 Å². The Morgan fingerprint density at radius 2 is 1.87 bits per heavy atom. The minimum absolute atomic E-state index is 0.0341. The van der Waals surface area contributed by atoms with E-state index in [1.807, 2.05) is 12.3 Å². The number of likely N-dealkylation sites (N-methyl/N-ethyl adjacent to an activating group) is 1. The van der Waals surface area contributed by atoms with E-state index in [0.717, 1.165) is 25.7 Å². The quantitative estimate of drug-likeness (QED) is 0.270. The predicted octanol–water partition coefficient (Wildman–Crippen LogP) is 2.06. The third-order valence-electron chi connectivity index (χ3n) is 6.87. The lowest BCUT2D eigenvalue weighted by molar-refractivity contribution is -0.154. The fourth-order valence-corrected chi connectivity index (χ4v) is 4.93. The first-order chi connectivity index (χ1) is 18.8. The van der Waals surface area contributed by atoms with Gasteiger partial charge in [0.2, 0.25) is 11.9 Å². The average Bonchev–Trinajstić information content (AvgIpc) is 3.48. The first kappa shape index (κ1) is 27.6. The summed E-state index contributed by atoms with van der Waals surface area (Å²) >= 11 is 0. The van der Waals surface area contributed by atoms with Gasteiger partial charge in [-0.25, -0.2) is 9.78 Å². The Bertz CT molecular complexity index is 1260. The number of nitrogens with zero attached hydrogens (tertiary/aromatic N) is 4. The third kappa shape index (κ3) is 5.71. The largest absolute Gasteiger partial charge is 0.495 e. The number of carbonyl (C=O) groups excluding carboxylic acids is 4. The maximum absolute atomic E-state index is 13.1. The zero-order chi connectivity index (χ0) is 28.1. The van der Waals surface area contributed by atoms with Crippen LogP contribution in [0.15, 0.2) is 24.4 Å². The van der Waals surface area contributed by atoms with Crippen molar-refractivity contribution in [2.45, 2.75) is 58.0 Å². The first-order valence-corrected chi connectivity index (χ1v) is 12.9. The number of hydrazine groups is 1. The van der Waals surface area contributed by atoms with Crippen molar-refractivity contribution in [3.05, 3.63) is 30.0 Å².